The molecule has 1 fully saturated rings. The second-order valence-electron chi connectivity index (χ2n) is 7.60. The van der Waals surface area contributed by atoms with Gasteiger partial charge >= 0.3 is 6.01 Å². The molecular weight excluding hydrogens is 438 g/mol. The Hall–Kier alpha value is -3.88. The average molecular weight is 466 g/mol. The number of carbonyl (C=O) groups excluding carboxylic acids is 1. The number of ether oxygens (including phenoxy) is 2. The molecule has 4 rings (SSSR count). The number of anilines is 1. The highest BCUT2D eigenvalue weighted by atomic mass is 16.5. The number of fused-ring (bicyclic) bond motifs is 1. The molecule has 0 radical (unpaired) electrons. The Kier molecular flexibility index (Phi) is 7.10. The molecule has 0 spiro atoms. The van der Waals surface area contributed by atoms with Crippen LogP contribution in [0.4, 0.5) is 5.95 Å². The standard InChI is InChI=1S/C23H27N7O4/c1-3-4-11-30-18-19(26-22(30)25-10-9-24)27-23(28(2)21(18)32)34-17-8-6-5-7-16(17)20(31)29-12-14-33-15-13-29/h5-8H,9-15,24H2,1-2H3,(H,25,26). The van der Waals surface area contributed by atoms with Crippen LogP contribution in [0.1, 0.15) is 17.3 Å². The molecule has 178 valence electrons. The normalized spacial score (nSPS) is 13.4. The quantitative estimate of drug-likeness (QED) is 0.490. The molecular formula is C23H27N7O4. The summed E-state index contributed by atoms with van der Waals surface area (Å²) in [5.74, 6) is 6.37. The van der Waals surface area contributed by atoms with Gasteiger partial charge in [-0.15, -0.1) is 5.92 Å². The minimum Gasteiger partial charge on any atom is -0.425 e. The lowest BCUT2D eigenvalue weighted by atomic mass is 10.1. The van der Waals surface area contributed by atoms with Gasteiger partial charge in [-0.2, -0.15) is 9.97 Å². The van der Waals surface area contributed by atoms with Crippen LogP contribution in [0.2, 0.25) is 0 Å². The van der Waals surface area contributed by atoms with Gasteiger partial charge in [0.1, 0.15) is 5.75 Å². The molecule has 0 bridgehead atoms. The van der Waals surface area contributed by atoms with E-state index in [0.717, 1.165) is 0 Å². The summed E-state index contributed by atoms with van der Waals surface area (Å²) in [5.41, 5.74) is 6.16. The topological polar surface area (TPSA) is 130 Å². The number of morpholine rings is 1. The van der Waals surface area contributed by atoms with Crippen LogP contribution in [0.25, 0.3) is 11.2 Å². The van der Waals surface area contributed by atoms with Gasteiger partial charge in [-0.3, -0.25) is 18.7 Å². The molecule has 11 heteroatoms. The number of amides is 1. The molecule has 1 aliphatic rings. The van der Waals surface area contributed by atoms with E-state index in [1.165, 1.54) is 4.57 Å². The number of carbonyl (C=O) groups is 1. The number of nitrogens with zero attached hydrogens (tertiary/aromatic N) is 5. The predicted octanol–water partition coefficient (Wildman–Crippen LogP) is 0.789. The number of nitrogens with two attached hydrogens (primary N) is 1. The van der Waals surface area contributed by atoms with Gasteiger partial charge in [-0.05, 0) is 19.1 Å². The lowest BCUT2D eigenvalue weighted by molar-refractivity contribution is 0.0301. The Morgan fingerprint density at radius 2 is 2.03 bits per heavy atom. The van der Waals surface area contributed by atoms with Gasteiger partial charge in [0.15, 0.2) is 11.2 Å². The summed E-state index contributed by atoms with van der Waals surface area (Å²) in [5, 5.41) is 3.11. The summed E-state index contributed by atoms with van der Waals surface area (Å²) < 4.78 is 14.3. The monoisotopic (exact) mass is 465 g/mol. The maximum atomic E-state index is 13.3. The third-order valence-corrected chi connectivity index (χ3v) is 5.40. The van der Waals surface area contributed by atoms with Crippen molar-refractivity contribution in [3.8, 4) is 23.6 Å². The molecule has 3 heterocycles. The minimum atomic E-state index is -0.344. The summed E-state index contributed by atoms with van der Waals surface area (Å²) >= 11 is 0. The van der Waals surface area contributed by atoms with Crippen molar-refractivity contribution >= 4 is 23.0 Å². The lowest BCUT2D eigenvalue weighted by Gasteiger charge is -2.27. The number of rotatable bonds is 7. The predicted molar refractivity (Wildman–Crippen MR) is 127 cm³/mol. The van der Waals surface area contributed by atoms with Crippen molar-refractivity contribution in [2.45, 2.75) is 13.5 Å². The Bertz CT molecular complexity index is 1310. The third kappa shape index (κ3) is 4.59. The SMILES string of the molecule is CC#CCn1c(NCCN)nc2nc(Oc3ccccc3C(=O)N3CCOCC3)n(C)c(=O)c21. The maximum absolute atomic E-state index is 13.3. The second kappa shape index (κ2) is 10.4. The highest BCUT2D eigenvalue weighted by Crippen LogP contribution is 2.26. The Morgan fingerprint density at radius 1 is 1.26 bits per heavy atom. The third-order valence-electron chi connectivity index (χ3n) is 5.40. The van der Waals surface area contributed by atoms with Gasteiger partial charge in [0.2, 0.25) is 5.95 Å². The van der Waals surface area contributed by atoms with Crippen molar-refractivity contribution in [1.82, 2.24) is 24.0 Å². The highest BCUT2D eigenvalue weighted by molar-refractivity contribution is 5.97. The van der Waals surface area contributed by atoms with E-state index in [0.29, 0.717) is 62.2 Å². The van der Waals surface area contributed by atoms with Gasteiger partial charge in [0.05, 0.1) is 25.3 Å². The molecule has 1 amide bonds. The molecule has 1 aromatic carbocycles. The first kappa shape index (κ1) is 23.3. The molecule has 0 aliphatic carbocycles. The first-order valence-electron chi connectivity index (χ1n) is 11.0. The van der Waals surface area contributed by atoms with E-state index in [-0.39, 0.29) is 29.7 Å². The summed E-state index contributed by atoms with van der Waals surface area (Å²) in [4.78, 5) is 37.0. The molecule has 3 N–H and O–H groups in total. The smallest absolute Gasteiger partial charge is 0.306 e. The molecule has 34 heavy (non-hydrogen) atoms. The van der Waals surface area contributed by atoms with Crippen LogP contribution in [0.15, 0.2) is 29.1 Å². The molecule has 0 saturated carbocycles. The van der Waals surface area contributed by atoms with Crippen LogP contribution in [-0.4, -0.2) is 69.3 Å². The van der Waals surface area contributed by atoms with E-state index in [1.807, 2.05) is 0 Å². The van der Waals surface area contributed by atoms with Crippen LogP contribution in [-0.2, 0) is 18.3 Å². The van der Waals surface area contributed by atoms with Crippen molar-refractivity contribution in [3.05, 3.63) is 40.2 Å². The Balaban J connectivity index is 1.73. The minimum absolute atomic E-state index is 0.0244. The van der Waals surface area contributed by atoms with Crippen molar-refractivity contribution in [1.29, 1.82) is 0 Å². The summed E-state index contributed by atoms with van der Waals surface area (Å²) in [6, 6.07) is 6.91. The first-order valence-corrected chi connectivity index (χ1v) is 11.0. The number of hydrogen-bond acceptors (Lipinski definition) is 8. The summed E-state index contributed by atoms with van der Waals surface area (Å²) in [7, 11) is 1.56. The van der Waals surface area contributed by atoms with E-state index in [2.05, 4.69) is 27.1 Å². The number of benzene rings is 1. The number of aromatic nitrogens is 4. The average Bonchev–Trinajstić information content (AvgIpc) is 3.22. The van der Waals surface area contributed by atoms with Crippen LogP contribution in [0, 0.1) is 11.8 Å². The van der Waals surface area contributed by atoms with Crippen molar-refractivity contribution in [3.63, 3.8) is 0 Å². The first-order chi connectivity index (χ1) is 16.5. The fourth-order valence-electron chi connectivity index (χ4n) is 3.63. The van der Waals surface area contributed by atoms with Crippen molar-refractivity contribution in [2.75, 3.05) is 44.7 Å². The molecule has 0 atom stereocenters. The number of para-hydroxylation sites is 1. The van der Waals surface area contributed by atoms with E-state index < -0.39 is 0 Å². The Labute approximate surface area is 196 Å². The maximum Gasteiger partial charge on any atom is 0.306 e. The molecule has 11 nitrogen and oxygen atoms in total. The summed E-state index contributed by atoms with van der Waals surface area (Å²) in [6.07, 6.45) is 0. The molecule has 0 unspecified atom stereocenters. The molecule has 3 aromatic rings. The van der Waals surface area contributed by atoms with Gasteiger partial charge < -0.3 is 25.4 Å². The lowest BCUT2D eigenvalue weighted by Crippen LogP contribution is -2.40. The van der Waals surface area contributed by atoms with Crippen molar-refractivity contribution < 1.29 is 14.3 Å². The Morgan fingerprint density at radius 3 is 2.76 bits per heavy atom. The zero-order valence-electron chi connectivity index (χ0n) is 19.2. The number of nitrogens with one attached hydrogen (secondary N) is 1. The number of hydrogen-bond donors (Lipinski definition) is 2. The highest BCUT2D eigenvalue weighted by Gasteiger charge is 2.24. The van der Waals surface area contributed by atoms with Gasteiger partial charge in [0, 0.05) is 33.2 Å². The number of imidazole rings is 1. The fraction of sp³-hybridized carbons (Fsp3) is 0.391. The molecule has 1 aliphatic heterocycles. The summed E-state index contributed by atoms with van der Waals surface area (Å²) in [6.45, 7) is 4.87. The largest absolute Gasteiger partial charge is 0.425 e. The zero-order valence-corrected chi connectivity index (χ0v) is 19.2. The van der Waals surface area contributed by atoms with Crippen LogP contribution in [0.5, 0.6) is 11.8 Å². The van der Waals surface area contributed by atoms with E-state index in [9.17, 15) is 9.59 Å². The zero-order chi connectivity index (χ0) is 24.1. The molecule has 1 saturated heterocycles. The fourth-order valence-corrected chi connectivity index (χ4v) is 3.63. The van der Waals surface area contributed by atoms with E-state index >= 15 is 0 Å². The van der Waals surface area contributed by atoms with E-state index in [1.54, 1.807) is 47.7 Å². The van der Waals surface area contributed by atoms with E-state index in [4.69, 9.17) is 15.2 Å². The van der Waals surface area contributed by atoms with Gasteiger partial charge in [-0.1, -0.05) is 18.1 Å². The second-order valence-corrected chi connectivity index (χ2v) is 7.60. The van der Waals surface area contributed by atoms with Crippen molar-refractivity contribution in [2.24, 2.45) is 12.8 Å². The van der Waals surface area contributed by atoms with Gasteiger partial charge in [-0.25, -0.2) is 0 Å². The van der Waals surface area contributed by atoms with Crippen LogP contribution in [0.3, 0.4) is 0 Å². The van der Waals surface area contributed by atoms with Crippen LogP contribution < -0.4 is 21.3 Å². The van der Waals surface area contributed by atoms with Crippen LogP contribution >= 0.6 is 0 Å². The van der Waals surface area contributed by atoms with Gasteiger partial charge in [0.25, 0.3) is 11.5 Å². The molecule has 2 aromatic heterocycles.